The maximum atomic E-state index is 11.4. The maximum absolute atomic E-state index is 11.4. The summed E-state index contributed by atoms with van der Waals surface area (Å²) in [7, 11) is -17.0. The van der Waals surface area contributed by atoms with Crippen LogP contribution in [0.15, 0.2) is 0 Å². The third-order valence-electron chi connectivity index (χ3n) is 6.18. The molecule has 0 saturated carbocycles. The zero-order valence-corrected chi connectivity index (χ0v) is 35.7. The standard InChI is InChI=1S/C20H54N3O15P3S3Si3/c1-33-45(5,15-12-44-11-8-23(19-40(27,28)29)20-41(30,31)32)37-47(36-4,17-14-43-10-7-22-18-39(24,25)26)38-46(34-2,35-3)16-13-42-9-6-21/h22H,6-21H2,1-5H3,(H2,24,25,26)(H2,27,28,29)(H2,30,31,32). The highest BCUT2D eigenvalue weighted by molar-refractivity contribution is 7.99. The third-order valence-corrected chi connectivity index (χ3v) is 23.5. The molecule has 18 nitrogen and oxygen atoms in total. The summed E-state index contributed by atoms with van der Waals surface area (Å²) in [5, 5.41) is 2.73. The summed E-state index contributed by atoms with van der Waals surface area (Å²) in [6.45, 7) is 2.82. The Morgan fingerprint density at radius 3 is 1.62 bits per heavy atom. The summed E-state index contributed by atoms with van der Waals surface area (Å²) in [6, 6.07) is 1.31. The zero-order valence-electron chi connectivity index (χ0n) is 27.6. The molecular weight excluding hydrogens is 796 g/mol. The lowest BCUT2D eigenvalue weighted by molar-refractivity contribution is 0.0971. The molecule has 0 aromatic rings. The van der Waals surface area contributed by atoms with Gasteiger partial charge in [0.2, 0.25) is 0 Å². The summed E-state index contributed by atoms with van der Waals surface area (Å²) in [5.74, 6) is 3.39. The van der Waals surface area contributed by atoms with Gasteiger partial charge < -0.3 is 66.3 Å². The van der Waals surface area contributed by atoms with Crippen LogP contribution in [0.2, 0.25) is 24.7 Å². The average molecular weight is 850 g/mol. The second-order valence-corrected chi connectivity index (χ2v) is 28.5. The molecule has 0 aromatic heterocycles. The van der Waals surface area contributed by atoms with E-state index in [1.54, 1.807) is 11.8 Å². The Labute approximate surface area is 294 Å². The van der Waals surface area contributed by atoms with E-state index < -0.39 is 67.8 Å². The Bertz CT molecular complexity index is 981. The van der Waals surface area contributed by atoms with Gasteiger partial charge in [0.25, 0.3) is 0 Å². The smallest absolute Gasteiger partial charge is 0.398 e. The van der Waals surface area contributed by atoms with E-state index in [9.17, 15) is 33.3 Å². The first-order valence-electron chi connectivity index (χ1n) is 14.3. The average Bonchev–Trinajstić information content (AvgIpc) is 2.95. The number of hydrogen-bond acceptors (Lipinski definition) is 15. The van der Waals surface area contributed by atoms with Crippen molar-refractivity contribution < 1.29 is 69.0 Å². The summed E-state index contributed by atoms with van der Waals surface area (Å²) in [6.07, 6.45) is -1.94. The van der Waals surface area contributed by atoms with E-state index in [-0.39, 0.29) is 6.54 Å². The summed E-state index contributed by atoms with van der Waals surface area (Å²) in [5.41, 5.74) is 5.64. The molecule has 0 bridgehead atoms. The molecule has 0 aromatic carbocycles. The molecule has 0 amide bonds. The number of nitrogens with one attached hydrogen (secondary N) is 1. The minimum atomic E-state index is -4.52. The lowest BCUT2D eigenvalue weighted by atomic mass is 10.7. The van der Waals surface area contributed by atoms with Gasteiger partial charge in [0.15, 0.2) is 0 Å². The lowest BCUT2D eigenvalue weighted by Gasteiger charge is -2.40. The predicted molar refractivity (Wildman–Crippen MR) is 194 cm³/mol. The van der Waals surface area contributed by atoms with Gasteiger partial charge in [0, 0.05) is 77.4 Å². The van der Waals surface area contributed by atoms with Crippen molar-refractivity contribution in [1.82, 2.24) is 10.2 Å². The number of rotatable bonds is 31. The lowest BCUT2D eigenvalue weighted by Crippen LogP contribution is -2.62. The molecule has 0 rings (SSSR count). The van der Waals surface area contributed by atoms with Crippen LogP contribution in [0.5, 0.6) is 0 Å². The highest BCUT2D eigenvalue weighted by Crippen LogP contribution is 2.41. The van der Waals surface area contributed by atoms with Gasteiger partial charge in [-0.15, -0.1) is 0 Å². The van der Waals surface area contributed by atoms with Crippen molar-refractivity contribution in [2.24, 2.45) is 5.73 Å². The van der Waals surface area contributed by atoms with Gasteiger partial charge in [0.05, 0.1) is 6.29 Å². The van der Waals surface area contributed by atoms with E-state index >= 15 is 0 Å². The minimum Gasteiger partial charge on any atom is -0.398 e. The van der Waals surface area contributed by atoms with E-state index in [1.165, 1.54) is 52.0 Å². The molecule has 0 spiro atoms. The van der Waals surface area contributed by atoms with Crippen molar-refractivity contribution in [2.75, 3.05) is 101 Å². The number of hydrogen-bond donors (Lipinski definition) is 8. The Balaban J connectivity index is 5.68. The highest BCUT2D eigenvalue weighted by atomic mass is 32.2. The van der Waals surface area contributed by atoms with Crippen LogP contribution in [0.4, 0.5) is 0 Å². The largest absolute Gasteiger partial charge is 0.493 e. The van der Waals surface area contributed by atoms with Crippen LogP contribution in [0, 0.1) is 0 Å². The molecule has 0 radical (unpaired) electrons. The van der Waals surface area contributed by atoms with Crippen LogP contribution in [-0.2, 0) is 39.6 Å². The van der Waals surface area contributed by atoms with Crippen LogP contribution >= 0.6 is 58.1 Å². The molecule has 2 unspecified atom stereocenters. The highest BCUT2D eigenvalue weighted by Gasteiger charge is 2.55. The molecule has 284 valence electrons. The van der Waals surface area contributed by atoms with E-state index in [0.29, 0.717) is 60.0 Å². The maximum Gasteiger partial charge on any atom is 0.493 e. The van der Waals surface area contributed by atoms with Crippen LogP contribution in [-0.4, -0.2) is 162 Å². The summed E-state index contributed by atoms with van der Waals surface area (Å²) >= 11 is 4.59. The summed E-state index contributed by atoms with van der Waals surface area (Å²) in [4.78, 5) is 56.3. The number of nitrogens with two attached hydrogens (primary N) is 1. The first-order chi connectivity index (χ1) is 21.7. The fourth-order valence-corrected chi connectivity index (χ4v) is 22.0. The molecule has 9 N–H and O–H groups in total. The van der Waals surface area contributed by atoms with Gasteiger partial charge in [-0.3, -0.25) is 18.6 Å². The van der Waals surface area contributed by atoms with Crippen LogP contribution in [0.1, 0.15) is 0 Å². The molecular formula is C20H54N3O15P3S3Si3. The molecule has 0 aliphatic heterocycles. The second-order valence-electron chi connectivity index (χ2n) is 10.2. The Morgan fingerprint density at radius 2 is 1.15 bits per heavy atom. The number of thioether (sulfide) groups is 3. The van der Waals surface area contributed by atoms with Crippen molar-refractivity contribution in [2.45, 2.75) is 24.7 Å². The fraction of sp³-hybridized carbons (Fsp3) is 1.00. The van der Waals surface area contributed by atoms with Crippen molar-refractivity contribution in [1.29, 1.82) is 0 Å². The van der Waals surface area contributed by atoms with Crippen molar-refractivity contribution in [3.05, 3.63) is 0 Å². The van der Waals surface area contributed by atoms with Gasteiger partial charge in [-0.25, -0.2) is 0 Å². The molecule has 0 aliphatic carbocycles. The van der Waals surface area contributed by atoms with Crippen molar-refractivity contribution >= 4 is 84.2 Å². The molecule has 47 heavy (non-hydrogen) atoms. The zero-order chi connectivity index (χ0) is 36.3. The molecule has 27 heteroatoms. The molecule has 2 atom stereocenters. The fourth-order valence-electron chi connectivity index (χ4n) is 3.80. The van der Waals surface area contributed by atoms with Crippen LogP contribution in [0.3, 0.4) is 0 Å². The monoisotopic (exact) mass is 849 g/mol. The summed E-state index contributed by atoms with van der Waals surface area (Å²) < 4.78 is 71.1. The molecule has 0 heterocycles. The first kappa shape index (κ1) is 48.8. The van der Waals surface area contributed by atoms with E-state index in [4.69, 9.17) is 41.5 Å². The normalized spacial score (nSPS) is 16.0. The Morgan fingerprint density at radius 1 is 0.660 bits per heavy atom. The Hall–Kier alpha value is 1.79. The van der Waals surface area contributed by atoms with Crippen molar-refractivity contribution in [3.63, 3.8) is 0 Å². The van der Waals surface area contributed by atoms with E-state index in [1.807, 2.05) is 6.55 Å². The van der Waals surface area contributed by atoms with Gasteiger partial charge >= 0.3 is 49.0 Å². The van der Waals surface area contributed by atoms with Gasteiger partial charge in [-0.2, -0.15) is 35.3 Å². The van der Waals surface area contributed by atoms with Gasteiger partial charge in [-0.1, -0.05) is 0 Å². The quantitative estimate of drug-likeness (QED) is 0.0275. The van der Waals surface area contributed by atoms with Gasteiger partial charge in [0.1, 0.15) is 12.6 Å². The van der Waals surface area contributed by atoms with Crippen molar-refractivity contribution in [3.8, 4) is 0 Å². The third kappa shape index (κ3) is 24.6. The number of nitrogens with zero attached hydrogens (tertiary/aromatic N) is 1. The molecule has 0 aliphatic rings. The van der Waals surface area contributed by atoms with Crippen LogP contribution in [0.25, 0.3) is 0 Å². The van der Waals surface area contributed by atoms with Gasteiger partial charge in [-0.05, 0) is 29.8 Å². The first-order valence-corrected chi connectivity index (χ1v) is 29.6. The predicted octanol–water partition coefficient (Wildman–Crippen LogP) is 1.01. The Kier molecular flexibility index (Phi) is 25.1. The van der Waals surface area contributed by atoms with E-state index in [2.05, 4.69) is 5.32 Å². The molecule has 0 fully saturated rings. The topological polar surface area (TPSA) is 269 Å². The van der Waals surface area contributed by atoms with E-state index in [0.717, 1.165) is 10.7 Å². The minimum absolute atomic E-state index is 0.0467. The SMILES string of the molecule is CO[Si](C)(CCSCCN(CP(=O)(O)O)CP(=O)(O)O)O[Si](CCSCCNCP(=O)(O)O)(OC)O[Si](CCSCCN)(OC)OC. The van der Waals surface area contributed by atoms with Crippen LogP contribution < -0.4 is 11.1 Å². The second kappa shape index (κ2) is 24.2. The molecule has 0 saturated heterocycles.